The summed E-state index contributed by atoms with van der Waals surface area (Å²) >= 11 is 0. The van der Waals surface area contributed by atoms with Crippen molar-refractivity contribution >= 4 is 5.97 Å². The van der Waals surface area contributed by atoms with Crippen molar-refractivity contribution in [1.29, 1.82) is 0 Å². The molecular weight excluding hydrogens is 224 g/mol. The summed E-state index contributed by atoms with van der Waals surface area (Å²) in [5.41, 5.74) is 1.41. The van der Waals surface area contributed by atoms with E-state index in [9.17, 15) is 4.79 Å². The van der Waals surface area contributed by atoms with Crippen molar-refractivity contribution < 1.29 is 24.9 Å². The van der Waals surface area contributed by atoms with Crippen molar-refractivity contribution in [1.82, 2.24) is 0 Å². The van der Waals surface area contributed by atoms with Crippen molar-refractivity contribution in [2.24, 2.45) is 11.8 Å². The van der Waals surface area contributed by atoms with E-state index in [0.29, 0.717) is 5.57 Å². The Balaban J connectivity index is 4.34. The Kier molecular flexibility index (Phi) is 7.78. The van der Waals surface area contributed by atoms with Gasteiger partial charge in [0.05, 0.1) is 6.61 Å². The lowest BCUT2D eigenvalue weighted by Crippen LogP contribution is -2.30. The number of carbonyl (C=O) groups is 1. The van der Waals surface area contributed by atoms with Gasteiger partial charge in [0.2, 0.25) is 0 Å². The number of aliphatic hydroxyl groups excluding tert-OH is 3. The minimum atomic E-state index is -0.472. The quantitative estimate of drug-likeness (QED) is 0.438. The van der Waals surface area contributed by atoms with Crippen LogP contribution in [-0.2, 0) is 9.53 Å². The van der Waals surface area contributed by atoms with Crippen LogP contribution in [0.4, 0.5) is 0 Å². The molecule has 0 aromatic carbocycles. The molecule has 0 aromatic rings. The van der Waals surface area contributed by atoms with Gasteiger partial charge in [-0.15, -0.1) is 0 Å². The molecule has 0 saturated carbocycles. The molecule has 1 atom stereocenters. The van der Waals surface area contributed by atoms with Crippen molar-refractivity contribution in [3.63, 3.8) is 0 Å². The Hall–Kier alpha value is -0.910. The van der Waals surface area contributed by atoms with Gasteiger partial charge in [-0.1, -0.05) is 5.57 Å². The second-order valence-electron chi connectivity index (χ2n) is 4.29. The van der Waals surface area contributed by atoms with Crippen molar-refractivity contribution in [3.8, 4) is 0 Å². The predicted molar refractivity (Wildman–Crippen MR) is 63.2 cm³/mol. The van der Waals surface area contributed by atoms with Crippen LogP contribution in [0.25, 0.3) is 0 Å². The van der Waals surface area contributed by atoms with Crippen LogP contribution in [0.15, 0.2) is 11.1 Å². The van der Waals surface area contributed by atoms with Gasteiger partial charge in [-0.2, -0.15) is 0 Å². The molecule has 0 heterocycles. The van der Waals surface area contributed by atoms with Gasteiger partial charge in [0, 0.05) is 37.2 Å². The standard InChI is InChI=1S/C12H22O5/c1-8(2)9(3)12(16)17-7-11(6-15)10(4-13)5-14/h10-11,13-15H,4-7H2,1-3H3. The molecular formula is C12H22O5. The summed E-state index contributed by atoms with van der Waals surface area (Å²) in [6.07, 6.45) is 0. The van der Waals surface area contributed by atoms with Gasteiger partial charge >= 0.3 is 5.97 Å². The average Bonchev–Trinajstić information content (AvgIpc) is 2.32. The van der Waals surface area contributed by atoms with Gasteiger partial charge in [-0.3, -0.25) is 0 Å². The molecule has 0 saturated heterocycles. The highest BCUT2D eigenvalue weighted by Gasteiger charge is 2.21. The average molecular weight is 246 g/mol. The lowest BCUT2D eigenvalue weighted by molar-refractivity contribution is -0.142. The van der Waals surface area contributed by atoms with E-state index in [2.05, 4.69) is 0 Å². The molecule has 0 fully saturated rings. The van der Waals surface area contributed by atoms with Crippen molar-refractivity contribution in [3.05, 3.63) is 11.1 Å². The smallest absolute Gasteiger partial charge is 0.333 e. The summed E-state index contributed by atoms with van der Waals surface area (Å²) in [6, 6.07) is 0. The van der Waals surface area contributed by atoms with Crippen LogP contribution >= 0.6 is 0 Å². The van der Waals surface area contributed by atoms with Gasteiger partial charge in [0.25, 0.3) is 0 Å². The SMILES string of the molecule is CC(C)=C(C)C(=O)OCC(CO)C(CO)CO. The molecule has 1 unspecified atom stereocenters. The monoisotopic (exact) mass is 246 g/mol. The summed E-state index contributed by atoms with van der Waals surface area (Å²) < 4.78 is 5.02. The fraction of sp³-hybridized carbons (Fsp3) is 0.750. The number of esters is 1. The summed E-state index contributed by atoms with van der Waals surface area (Å²) in [5.74, 6) is -1.35. The molecule has 17 heavy (non-hydrogen) atoms. The van der Waals surface area contributed by atoms with E-state index in [1.165, 1.54) is 0 Å². The van der Waals surface area contributed by atoms with Gasteiger partial charge in [0.15, 0.2) is 0 Å². The predicted octanol–water partition coefficient (Wildman–Crippen LogP) is 0.0952. The first-order chi connectivity index (χ1) is 7.97. The number of ether oxygens (including phenoxy) is 1. The van der Waals surface area contributed by atoms with Crippen molar-refractivity contribution in [2.75, 3.05) is 26.4 Å². The Bertz CT molecular complexity index is 264. The molecule has 0 bridgehead atoms. The lowest BCUT2D eigenvalue weighted by atomic mass is 9.95. The molecule has 5 heteroatoms. The maximum absolute atomic E-state index is 11.5. The number of hydrogen-bond donors (Lipinski definition) is 3. The summed E-state index contributed by atoms with van der Waals surface area (Å²) in [4.78, 5) is 11.5. The molecule has 0 spiro atoms. The summed E-state index contributed by atoms with van der Waals surface area (Å²) in [5, 5.41) is 27.0. The van der Waals surface area contributed by atoms with Crippen LogP contribution in [0.3, 0.4) is 0 Å². The van der Waals surface area contributed by atoms with Crippen molar-refractivity contribution in [2.45, 2.75) is 20.8 Å². The zero-order valence-electron chi connectivity index (χ0n) is 10.6. The minimum Gasteiger partial charge on any atom is -0.462 e. The Morgan fingerprint density at radius 2 is 1.47 bits per heavy atom. The third kappa shape index (κ3) is 5.30. The summed E-state index contributed by atoms with van der Waals surface area (Å²) in [6.45, 7) is 4.54. The third-order valence-electron chi connectivity index (χ3n) is 2.85. The number of hydrogen-bond acceptors (Lipinski definition) is 5. The van der Waals surface area contributed by atoms with E-state index >= 15 is 0 Å². The van der Waals surface area contributed by atoms with Gasteiger partial charge in [-0.05, 0) is 20.8 Å². The largest absolute Gasteiger partial charge is 0.462 e. The second kappa shape index (κ2) is 8.22. The molecule has 0 aliphatic heterocycles. The first-order valence-corrected chi connectivity index (χ1v) is 5.61. The Morgan fingerprint density at radius 1 is 1.00 bits per heavy atom. The molecule has 100 valence electrons. The van der Waals surface area contributed by atoms with Crippen LogP contribution in [0.1, 0.15) is 20.8 Å². The topological polar surface area (TPSA) is 87.0 Å². The zero-order valence-corrected chi connectivity index (χ0v) is 10.6. The molecule has 3 N–H and O–H groups in total. The van der Waals surface area contributed by atoms with E-state index < -0.39 is 17.8 Å². The Labute approximate surface area is 102 Å². The molecule has 0 rings (SSSR count). The molecule has 0 amide bonds. The molecule has 0 aliphatic carbocycles. The van der Waals surface area contributed by atoms with Gasteiger partial charge in [-0.25, -0.2) is 4.79 Å². The van der Waals surface area contributed by atoms with E-state index in [1.54, 1.807) is 6.92 Å². The third-order valence-corrected chi connectivity index (χ3v) is 2.85. The van der Waals surface area contributed by atoms with E-state index in [1.807, 2.05) is 13.8 Å². The minimum absolute atomic E-state index is 0.00819. The van der Waals surface area contributed by atoms with Crippen LogP contribution in [0.2, 0.25) is 0 Å². The molecule has 0 aromatic heterocycles. The maximum atomic E-state index is 11.5. The van der Waals surface area contributed by atoms with Crippen LogP contribution in [0.5, 0.6) is 0 Å². The van der Waals surface area contributed by atoms with Crippen LogP contribution < -0.4 is 0 Å². The zero-order chi connectivity index (χ0) is 13.4. The Morgan fingerprint density at radius 3 is 1.82 bits per heavy atom. The molecule has 0 aliphatic rings. The highest BCUT2D eigenvalue weighted by molar-refractivity contribution is 5.88. The number of aliphatic hydroxyl groups is 3. The second-order valence-corrected chi connectivity index (χ2v) is 4.29. The summed E-state index contributed by atoms with van der Waals surface area (Å²) in [7, 11) is 0. The van der Waals surface area contributed by atoms with E-state index in [-0.39, 0.29) is 26.4 Å². The normalized spacial score (nSPS) is 12.4. The number of allylic oxidation sites excluding steroid dienone is 1. The van der Waals surface area contributed by atoms with E-state index in [0.717, 1.165) is 5.57 Å². The van der Waals surface area contributed by atoms with Gasteiger partial charge in [0.1, 0.15) is 0 Å². The van der Waals surface area contributed by atoms with Gasteiger partial charge < -0.3 is 20.1 Å². The first kappa shape index (κ1) is 16.1. The lowest BCUT2D eigenvalue weighted by Gasteiger charge is -2.21. The molecule has 5 nitrogen and oxygen atoms in total. The van der Waals surface area contributed by atoms with E-state index in [4.69, 9.17) is 20.1 Å². The maximum Gasteiger partial charge on any atom is 0.333 e. The number of rotatable bonds is 7. The fourth-order valence-corrected chi connectivity index (χ4v) is 1.19. The van der Waals surface area contributed by atoms with Crippen LogP contribution in [-0.4, -0.2) is 47.7 Å². The highest BCUT2D eigenvalue weighted by atomic mass is 16.5. The fourth-order valence-electron chi connectivity index (χ4n) is 1.19. The van der Waals surface area contributed by atoms with Crippen LogP contribution in [0, 0.1) is 11.8 Å². The first-order valence-electron chi connectivity index (χ1n) is 5.61. The highest BCUT2D eigenvalue weighted by Crippen LogP contribution is 2.13. The number of carbonyl (C=O) groups excluding carboxylic acids is 1. The molecule has 0 radical (unpaired) electrons.